The predicted molar refractivity (Wildman–Crippen MR) is 91.2 cm³/mol. The van der Waals surface area contributed by atoms with E-state index in [-0.39, 0.29) is 5.02 Å². The van der Waals surface area contributed by atoms with Crippen molar-refractivity contribution in [2.24, 2.45) is 0 Å². The standard InChI is InChI=1S/C19H17ClF6O/c1-2-12-3-5-13(6-4-12)7-8-14-9-10-16(15(20)11-14)27-19(25,26)17(21)18(22,23)24/h3-6,9-11,17H,2,7-8H2,1H3. The molecule has 0 saturated heterocycles. The first-order chi connectivity index (χ1) is 12.5. The highest BCUT2D eigenvalue weighted by Gasteiger charge is 2.59. The fourth-order valence-corrected chi connectivity index (χ4v) is 2.64. The molecular formula is C19H17ClF6O. The van der Waals surface area contributed by atoms with E-state index in [9.17, 15) is 26.3 Å². The normalized spacial score (nSPS) is 13.5. The van der Waals surface area contributed by atoms with E-state index in [4.69, 9.17) is 11.6 Å². The Kier molecular flexibility index (Phi) is 6.68. The first kappa shape index (κ1) is 21.4. The van der Waals surface area contributed by atoms with Gasteiger partial charge in [-0.3, -0.25) is 0 Å². The summed E-state index contributed by atoms with van der Waals surface area (Å²) >= 11 is 5.81. The van der Waals surface area contributed by atoms with Crippen molar-refractivity contribution in [3.8, 4) is 5.75 Å². The third kappa shape index (κ3) is 5.79. The quantitative estimate of drug-likeness (QED) is 0.470. The van der Waals surface area contributed by atoms with Crippen molar-refractivity contribution in [3.05, 3.63) is 64.2 Å². The third-order valence-electron chi connectivity index (χ3n) is 3.96. The van der Waals surface area contributed by atoms with Crippen molar-refractivity contribution in [3.63, 3.8) is 0 Å². The van der Waals surface area contributed by atoms with Gasteiger partial charge in [0.2, 0.25) is 0 Å². The molecule has 1 nitrogen and oxygen atoms in total. The molecule has 0 aliphatic rings. The maximum absolute atomic E-state index is 13.3. The van der Waals surface area contributed by atoms with E-state index in [1.54, 1.807) is 0 Å². The van der Waals surface area contributed by atoms with Crippen LogP contribution in [0.4, 0.5) is 26.3 Å². The average Bonchev–Trinajstić information content (AvgIpc) is 2.61. The van der Waals surface area contributed by atoms with Crippen LogP contribution in [0, 0.1) is 0 Å². The highest BCUT2D eigenvalue weighted by molar-refractivity contribution is 6.32. The average molecular weight is 411 g/mol. The molecule has 0 spiro atoms. The summed E-state index contributed by atoms with van der Waals surface area (Å²) in [7, 11) is 0. The minimum absolute atomic E-state index is 0.317. The summed E-state index contributed by atoms with van der Waals surface area (Å²) in [5, 5.41) is -0.317. The first-order valence-corrected chi connectivity index (χ1v) is 8.54. The molecule has 0 aliphatic carbocycles. The van der Waals surface area contributed by atoms with Crippen molar-refractivity contribution >= 4 is 11.6 Å². The van der Waals surface area contributed by atoms with Gasteiger partial charge in [0.1, 0.15) is 5.75 Å². The van der Waals surface area contributed by atoms with Gasteiger partial charge in [-0.25, -0.2) is 4.39 Å². The van der Waals surface area contributed by atoms with Gasteiger partial charge in [0.25, 0.3) is 6.17 Å². The molecule has 0 aliphatic heterocycles. The van der Waals surface area contributed by atoms with Crippen LogP contribution in [0.15, 0.2) is 42.5 Å². The largest absolute Gasteiger partial charge is 0.439 e. The van der Waals surface area contributed by atoms with Crippen molar-refractivity contribution in [1.29, 1.82) is 0 Å². The topological polar surface area (TPSA) is 9.23 Å². The number of benzene rings is 2. The van der Waals surface area contributed by atoms with Gasteiger partial charge in [-0.1, -0.05) is 48.9 Å². The van der Waals surface area contributed by atoms with Gasteiger partial charge >= 0.3 is 12.3 Å². The second-order valence-electron chi connectivity index (χ2n) is 6.00. The Bertz CT molecular complexity index is 758. The Morgan fingerprint density at radius 3 is 1.93 bits per heavy atom. The number of aryl methyl sites for hydroxylation is 3. The lowest BCUT2D eigenvalue weighted by atomic mass is 10.0. The van der Waals surface area contributed by atoms with Crippen molar-refractivity contribution in [2.75, 3.05) is 0 Å². The number of rotatable bonds is 7. The van der Waals surface area contributed by atoms with Gasteiger partial charge in [0.15, 0.2) is 0 Å². The number of hydrogen-bond donors (Lipinski definition) is 0. The Labute approximate surface area is 157 Å². The molecule has 0 aromatic heterocycles. The van der Waals surface area contributed by atoms with Crippen molar-refractivity contribution in [1.82, 2.24) is 0 Å². The summed E-state index contributed by atoms with van der Waals surface area (Å²) < 4.78 is 79.9. The van der Waals surface area contributed by atoms with E-state index in [0.29, 0.717) is 18.4 Å². The van der Waals surface area contributed by atoms with E-state index < -0.39 is 24.2 Å². The van der Waals surface area contributed by atoms with Crippen LogP contribution in [-0.4, -0.2) is 18.5 Å². The van der Waals surface area contributed by atoms with E-state index in [1.165, 1.54) is 17.7 Å². The smallest absolute Gasteiger partial charge is 0.429 e. The molecule has 0 fully saturated rings. The molecule has 0 bridgehead atoms. The van der Waals surface area contributed by atoms with Gasteiger partial charge in [0.05, 0.1) is 5.02 Å². The van der Waals surface area contributed by atoms with Crippen molar-refractivity contribution in [2.45, 2.75) is 44.6 Å². The van der Waals surface area contributed by atoms with Gasteiger partial charge < -0.3 is 4.74 Å². The second-order valence-corrected chi connectivity index (χ2v) is 6.41. The van der Waals surface area contributed by atoms with Crippen LogP contribution < -0.4 is 4.74 Å². The molecular weight excluding hydrogens is 394 g/mol. The number of hydrogen-bond acceptors (Lipinski definition) is 1. The predicted octanol–water partition coefficient (Wildman–Crippen LogP) is 6.56. The molecule has 1 atom stereocenters. The summed E-state index contributed by atoms with van der Waals surface area (Å²) in [4.78, 5) is 0. The van der Waals surface area contributed by atoms with Crippen LogP contribution in [0.5, 0.6) is 5.75 Å². The molecule has 1 unspecified atom stereocenters. The Morgan fingerprint density at radius 2 is 1.41 bits per heavy atom. The molecule has 27 heavy (non-hydrogen) atoms. The lowest BCUT2D eigenvalue weighted by Gasteiger charge is -2.23. The number of alkyl halides is 6. The molecule has 2 aromatic rings. The zero-order valence-corrected chi connectivity index (χ0v) is 15.1. The fourth-order valence-electron chi connectivity index (χ4n) is 2.40. The number of ether oxygens (including phenoxy) is 1. The maximum Gasteiger partial charge on any atom is 0.439 e. The summed E-state index contributed by atoms with van der Waals surface area (Å²) in [6.07, 6.45) is -13.1. The molecule has 0 heterocycles. The van der Waals surface area contributed by atoms with Crippen LogP contribution in [-0.2, 0) is 19.3 Å². The highest BCUT2D eigenvalue weighted by atomic mass is 35.5. The Hall–Kier alpha value is -1.89. The third-order valence-corrected chi connectivity index (χ3v) is 4.25. The SMILES string of the molecule is CCc1ccc(CCc2ccc(OC(F)(F)C(F)C(F)(F)F)c(Cl)c2)cc1. The van der Waals surface area contributed by atoms with Crippen LogP contribution in [0.25, 0.3) is 0 Å². The molecule has 0 N–H and O–H groups in total. The van der Waals surface area contributed by atoms with Gasteiger partial charge in [-0.05, 0) is 48.1 Å². The van der Waals surface area contributed by atoms with E-state index in [2.05, 4.69) is 4.74 Å². The Balaban J connectivity index is 2.04. The molecule has 0 amide bonds. The van der Waals surface area contributed by atoms with E-state index in [1.807, 2.05) is 31.2 Å². The van der Waals surface area contributed by atoms with Crippen LogP contribution in [0.3, 0.4) is 0 Å². The summed E-state index contributed by atoms with van der Waals surface area (Å²) in [6.45, 7) is 2.05. The van der Waals surface area contributed by atoms with Crippen LogP contribution >= 0.6 is 11.6 Å². The van der Waals surface area contributed by atoms with Crippen LogP contribution in [0.1, 0.15) is 23.6 Å². The molecule has 2 aromatic carbocycles. The lowest BCUT2D eigenvalue weighted by Crippen LogP contribution is -2.45. The van der Waals surface area contributed by atoms with Gasteiger partial charge in [0, 0.05) is 0 Å². The minimum Gasteiger partial charge on any atom is -0.429 e. The molecule has 0 saturated carbocycles. The highest BCUT2D eigenvalue weighted by Crippen LogP contribution is 2.38. The summed E-state index contributed by atoms with van der Waals surface area (Å²) in [6, 6.07) is 11.7. The maximum atomic E-state index is 13.3. The number of halogens is 7. The second kappa shape index (κ2) is 8.42. The zero-order valence-electron chi connectivity index (χ0n) is 14.3. The summed E-state index contributed by atoms with van der Waals surface area (Å²) in [5.41, 5.74) is 2.96. The zero-order chi connectivity index (χ0) is 20.2. The molecule has 0 radical (unpaired) electrons. The van der Waals surface area contributed by atoms with Crippen molar-refractivity contribution < 1.29 is 31.1 Å². The van der Waals surface area contributed by atoms with Crippen LogP contribution in [0.2, 0.25) is 5.02 Å². The first-order valence-electron chi connectivity index (χ1n) is 8.16. The molecule has 8 heteroatoms. The fraction of sp³-hybridized carbons (Fsp3) is 0.368. The minimum atomic E-state index is -5.75. The van der Waals surface area contributed by atoms with E-state index in [0.717, 1.165) is 18.1 Å². The van der Waals surface area contributed by atoms with E-state index >= 15 is 0 Å². The van der Waals surface area contributed by atoms with Gasteiger partial charge in [-0.15, -0.1) is 0 Å². The van der Waals surface area contributed by atoms with Gasteiger partial charge in [-0.2, -0.15) is 22.0 Å². The Morgan fingerprint density at radius 1 is 0.889 bits per heavy atom. The monoisotopic (exact) mass is 410 g/mol. The summed E-state index contributed by atoms with van der Waals surface area (Å²) in [5.74, 6) is -0.718. The lowest BCUT2D eigenvalue weighted by molar-refractivity contribution is -0.304. The molecule has 148 valence electrons. The molecule has 2 rings (SSSR count).